The number of esters is 1. The summed E-state index contributed by atoms with van der Waals surface area (Å²) in [5.41, 5.74) is 6.58. The van der Waals surface area contributed by atoms with Crippen molar-refractivity contribution in [1.82, 2.24) is 0 Å². The third-order valence-electron chi connectivity index (χ3n) is 2.16. The lowest BCUT2D eigenvalue weighted by atomic mass is 10.2. The molecule has 94 valence electrons. The fourth-order valence-corrected chi connectivity index (χ4v) is 1.39. The smallest absolute Gasteiger partial charge is 0.337 e. The van der Waals surface area contributed by atoms with E-state index in [4.69, 9.17) is 15.2 Å². The first kappa shape index (κ1) is 13.3. The van der Waals surface area contributed by atoms with E-state index in [9.17, 15) is 4.79 Å². The van der Waals surface area contributed by atoms with Crippen LogP contribution in [-0.2, 0) is 9.47 Å². The van der Waals surface area contributed by atoms with E-state index in [0.717, 1.165) is 0 Å². The Labute approximate surface area is 100 Å². The standard InChI is InChI=1S/C12H17NO4/c1-8(7-15-2)17-11-5-4-9(6-10(11)13)12(14)16-3/h4-6,8H,7,13H2,1-3H3. The molecule has 1 aromatic rings. The largest absolute Gasteiger partial charge is 0.486 e. The Kier molecular flexibility index (Phi) is 4.78. The number of methoxy groups -OCH3 is 2. The summed E-state index contributed by atoms with van der Waals surface area (Å²) in [6, 6.07) is 4.78. The molecule has 0 bridgehead atoms. The number of hydrogen-bond donors (Lipinski definition) is 1. The molecule has 0 amide bonds. The van der Waals surface area contributed by atoms with Gasteiger partial charge < -0.3 is 19.9 Å². The number of benzene rings is 1. The first-order valence-electron chi connectivity index (χ1n) is 5.22. The summed E-state index contributed by atoms with van der Waals surface area (Å²) in [4.78, 5) is 11.3. The van der Waals surface area contributed by atoms with Crippen LogP contribution in [0.5, 0.6) is 5.75 Å². The number of anilines is 1. The SMILES string of the molecule is COCC(C)Oc1ccc(C(=O)OC)cc1N. The molecule has 2 N–H and O–H groups in total. The number of ether oxygens (including phenoxy) is 3. The van der Waals surface area contributed by atoms with Gasteiger partial charge in [0.1, 0.15) is 11.9 Å². The van der Waals surface area contributed by atoms with Gasteiger partial charge in [-0.3, -0.25) is 0 Å². The van der Waals surface area contributed by atoms with Gasteiger partial charge in [0.2, 0.25) is 0 Å². The lowest BCUT2D eigenvalue weighted by Crippen LogP contribution is -2.18. The molecule has 1 atom stereocenters. The number of nitrogens with two attached hydrogens (primary N) is 1. The Bertz CT molecular complexity index is 392. The van der Waals surface area contributed by atoms with Gasteiger partial charge in [-0.15, -0.1) is 0 Å². The molecule has 0 radical (unpaired) electrons. The minimum Gasteiger partial charge on any atom is -0.486 e. The van der Waals surface area contributed by atoms with Crippen molar-refractivity contribution in [2.75, 3.05) is 26.6 Å². The number of hydrogen-bond acceptors (Lipinski definition) is 5. The van der Waals surface area contributed by atoms with Gasteiger partial charge in [-0.05, 0) is 25.1 Å². The zero-order chi connectivity index (χ0) is 12.8. The number of carbonyl (C=O) groups is 1. The van der Waals surface area contributed by atoms with Crippen LogP contribution < -0.4 is 10.5 Å². The molecule has 0 fully saturated rings. The fraction of sp³-hybridized carbons (Fsp3) is 0.417. The van der Waals surface area contributed by atoms with E-state index in [2.05, 4.69) is 4.74 Å². The van der Waals surface area contributed by atoms with Crippen molar-refractivity contribution < 1.29 is 19.0 Å². The summed E-state index contributed by atoms with van der Waals surface area (Å²) >= 11 is 0. The average Bonchev–Trinajstić information content (AvgIpc) is 2.31. The third kappa shape index (κ3) is 3.64. The van der Waals surface area contributed by atoms with Gasteiger partial charge >= 0.3 is 5.97 Å². The lowest BCUT2D eigenvalue weighted by molar-refractivity contribution is 0.0600. The highest BCUT2D eigenvalue weighted by Gasteiger charge is 2.10. The van der Waals surface area contributed by atoms with Gasteiger partial charge in [-0.2, -0.15) is 0 Å². The van der Waals surface area contributed by atoms with Gasteiger partial charge in [0.25, 0.3) is 0 Å². The Hall–Kier alpha value is -1.75. The summed E-state index contributed by atoms with van der Waals surface area (Å²) in [6.45, 7) is 2.34. The average molecular weight is 239 g/mol. The second kappa shape index (κ2) is 6.10. The summed E-state index contributed by atoms with van der Waals surface area (Å²) < 4.78 is 15.1. The molecule has 1 rings (SSSR count). The topological polar surface area (TPSA) is 70.8 Å². The molecule has 1 unspecified atom stereocenters. The van der Waals surface area contributed by atoms with Gasteiger partial charge in [0.05, 0.1) is 25.0 Å². The van der Waals surface area contributed by atoms with Crippen molar-refractivity contribution in [3.05, 3.63) is 23.8 Å². The molecular formula is C12H17NO4. The highest BCUT2D eigenvalue weighted by molar-refractivity contribution is 5.90. The van der Waals surface area contributed by atoms with Crippen LogP contribution >= 0.6 is 0 Å². The molecular weight excluding hydrogens is 222 g/mol. The van der Waals surface area contributed by atoms with Crippen molar-refractivity contribution >= 4 is 11.7 Å². The van der Waals surface area contributed by atoms with E-state index in [1.807, 2.05) is 6.92 Å². The predicted molar refractivity (Wildman–Crippen MR) is 64.2 cm³/mol. The van der Waals surface area contributed by atoms with Crippen LogP contribution in [0.15, 0.2) is 18.2 Å². The molecule has 0 aliphatic rings. The Balaban J connectivity index is 2.79. The van der Waals surface area contributed by atoms with Crippen molar-refractivity contribution in [2.45, 2.75) is 13.0 Å². The first-order chi connectivity index (χ1) is 8.08. The highest BCUT2D eigenvalue weighted by atomic mass is 16.5. The zero-order valence-corrected chi connectivity index (χ0v) is 10.2. The van der Waals surface area contributed by atoms with Crippen LogP contribution in [0.4, 0.5) is 5.69 Å². The molecule has 0 spiro atoms. The number of nitrogen functional groups attached to an aromatic ring is 1. The van der Waals surface area contributed by atoms with Crippen LogP contribution in [0.25, 0.3) is 0 Å². The van der Waals surface area contributed by atoms with E-state index in [1.165, 1.54) is 13.2 Å². The highest BCUT2D eigenvalue weighted by Crippen LogP contribution is 2.24. The molecule has 0 saturated carbocycles. The van der Waals surface area contributed by atoms with Crippen LogP contribution in [0.2, 0.25) is 0 Å². The van der Waals surface area contributed by atoms with Gasteiger partial charge in [0, 0.05) is 7.11 Å². The third-order valence-corrected chi connectivity index (χ3v) is 2.16. The minimum absolute atomic E-state index is 0.105. The predicted octanol–water partition coefficient (Wildman–Crippen LogP) is 1.47. The first-order valence-corrected chi connectivity index (χ1v) is 5.22. The molecule has 17 heavy (non-hydrogen) atoms. The van der Waals surface area contributed by atoms with Crippen molar-refractivity contribution in [1.29, 1.82) is 0 Å². The Morgan fingerprint density at radius 3 is 2.65 bits per heavy atom. The lowest BCUT2D eigenvalue weighted by Gasteiger charge is -2.15. The van der Waals surface area contributed by atoms with Gasteiger partial charge in [0.15, 0.2) is 0 Å². The normalized spacial score (nSPS) is 11.9. The van der Waals surface area contributed by atoms with E-state index < -0.39 is 5.97 Å². The van der Waals surface area contributed by atoms with Crippen molar-refractivity contribution in [3.63, 3.8) is 0 Å². The van der Waals surface area contributed by atoms with Crippen LogP contribution in [-0.4, -0.2) is 32.9 Å². The monoisotopic (exact) mass is 239 g/mol. The van der Waals surface area contributed by atoms with Gasteiger partial charge in [-0.25, -0.2) is 4.79 Å². The second-order valence-corrected chi connectivity index (χ2v) is 3.63. The number of carbonyl (C=O) groups excluding carboxylic acids is 1. The molecule has 5 nitrogen and oxygen atoms in total. The molecule has 0 heterocycles. The molecule has 0 aliphatic heterocycles. The molecule has 0 aliphatic carbocycles. The zero-order valence-electron chi connectivity index (χ0n) is 10.2. The molecule has 1 aromatic carbocycles. The quantitative estimate of drug-likeness (QED) is 0.622. The Morgan fingerprint density at radius 1 is 1.41 bits per heavy atom. The molecule has 5 heteroatoms. The van der Waals surface area contributed by atoms with E-state index in [-0.39, 0.29) is 6.10 Å². The summed E-state index contributed by atoms with van der Waals surface area (Å²) in [5, 5.41) is 0. The maximum Gasteiger partial charge on any atom is 0.337 e. The van der Waals surface area contributed by atoms with Gasteiger partial charge in [-0.1, -0.05) is 0 Å². The number of rotatable bonds is 5. The summed E-state index contributed by atoms with van der Waals surface area (Å²) in [7, 11) is 2.92. The molecule has 0 saturated heterocycles. The van der Waals surface area contributed by atoms with Crippen LogP contribution in [0.3, 0.4) is 0 Å². The summed E-state index contributed by atoms with van der Waals surface area (Å²) in [6.07, 6.45) is -0.105. The van der Waals surface area contributed by atoms with E-state index >= 15 is 0 Å². The summed E-state index contributed by atoms with van der Waals surface area (Å²) in [5.74, 6) is 0.107. The van der Waals surface area contributed by atoms with E-state index in [1.54, 1.807) is 19.2 Å². The van der Waals surface area contributed by atoms with Crippen LogP contribution in [0, 0.1) is 0 Å². The van der Waals surface area contributed by atoms with Crippen molar-refractivity contribution in [3.8, 4) is 5.75 Å². The van der Waals surface area contributed by atoms with Crippen molar-refractivity contribution in [2.24, 2.45) is 0 Å². The molecule has 0 aromatic heterocycles. The Morgan fingerprint density at radius 2 is 2.12 bits per heavy atom. The minimum atomic E-state index is -0.423. The second-order valence-electron chi connectivity index (χ2n) is 3.63. The van der Waals surface area contributed by atoms with E-state index in [0.29, 0.717) is 23.6 Å². The fourth-order valence-electron chi connectivity index (χ4n) is 1.39. The maximum absolute atomic E-state index is 11.3. The maximum atomic E-state index is 11.3. The van der Waals surface area contributed by atoms with Crippen LogP contribution in [0.1, 0.15) is 17.3 Å².